The van der Waals surface area contributed by atoms with Gasteiger partial charge in [-0.25, -0.2) is 0 Å². The third kappa shape index (κ3) is 5.07. The molecule has 0 aliphatic rings. The third-order valence-electron chi connectivity index (χ3n) is 3.29. The summed E-state index contributed by atoms with van der Waals surface area (Å²) in [7, 11) is 1.33. The Labute approximate surface area is 139 Å². The monoisotopic (exact) mass is 332 g/mol. The molecule has 0 aliphatic heterocycles. The number of rotatable bonds is 6. The SMILES string of the molecule is COC(=O)CCN(Cc1cccnc1)C(=O)c1ccc(Cl)cc1. The topological polar surface area (TPSA) is 59.5 Å². The molecule has 23 heavy (non-hydrogen) atoms. The number of ether oxygens (including phenoxy) is 1. The van der Waals surface area contributed by atoms with Crippen LogP contribution in [0.1, 0.15) is 22.3 Å². The zero-order chi connectivity index (χ0) is 16.7. The number of hydrogen-bond donors (Lipinski definition) is 0. The largest absolute Gasteiger partial charge is 0.469 e. The summed E-state index contributed by atoms with van der Waals surface area (Å²) in [5.74, 6) is -0.528. The van der Waals surface area contributed by atoms with Gasteiger partial charge in [-0.1, -0.05) is 17.7 Å². The predicted molar refractivity (Wildman–Crippen MR) is 87.1 cm³/mol. The molecule has 0 radical (unpaired) electrons. The molecule has 0 saturated heterocycles. The Morgan fingerprint density at radius 2 is 1.96 bits per heavy atom. The van der Waals surface area contributed by atoms with Gasteiger partial charge in [-0.15, -0.1) is 0 Å². The number of pyridine rings is 1. The number of carbonyl (C=O) groups excluding carboxylic acids is 2. The number of carbonyl (C=O) groups is 2. The van der Waals surface area contributed by atoms with Crippen LogP contribution in [0.2, 0.25) is 5.02 Å². The molecule has 0 fully saturated rings. The number of aromatic nitrogens is 1. The van der Waals surface area contributed by atoms with Gasteiger partial charge in [0.05, 0.1) is 13.5 Å². The highest BCUT2D eigenvalue weighted by Gasteiger charge is 2.17. The molecule has 1 aromatic carbocycles. The first-order valence-electron chi connectivity index (χ1n) is 7.10. The van der Waals surface area contributed by atoms with Crippen molar-refractivity contribution in [2.24, 2.45) is 0 Å². The molecule has 1 heterocycles. The van der Waals surface area contributed by atoms with Gasteiger partial charge in [-0.05, 0) is 35.9 Å². The van der Waals surface area contributed by atoms with E-state index in [2.05, 4.69) is 9.72 Å². The molecule has 0 bridgehead atoms. The molecule has 6 heteroatoms. The lowest BCUT2D eigenvalue weighted by Gasteiger charge is -2.22. The van der Waals surface area contributed by atoms with E-state index >= 15 is 0 Å². The molecule has 5 nitrogen and oxygen atoms in total. The van der Waals surface area contributed by atoms with E-state index in [-0.39, 0.29) is 24.8 Å². The van der Waals surface area contributed by atoms with Crippen LogP contribution in [0.15, 0.2) is 48.8 Å². The van der Waals surface area contributed by atoms with Gasteiger partial charge in [0.15, 0.2) is 0 Å². The zero-order valence-electron chi connectivity index (χ0n) is 12.7. The van der Waals surface area contributed by atoms with Gasteiger partial charge in [0, 0.05) is 36.1 Å². The van der Waals surface area contributed by atoms with Crippen molar-refractivity contribution in [1.82, 2.24) is 9.88 Å². The summed E-state index contributed by atoms with van der Waals surface area (Å²) < 4.78 is 4.65. The molecule has 1 aromatic heterocycles. The second-order valence-electron chi connectivity index (χ2n) is 4.92. The number of halogens is 1. The second kappa shape index (κ2) is 8.29. The summed E-state index contributed by atoms with van der Waals surface area (Å²) in [6.07, 6.45) is 3.50. The molecule has 0 aliphatic carbocycles. The highest BCUT2D eigenvalue weighted by atomic mass is 35.5. The first kappa shape index (κ1) is 17.0. The molecule has 120 valence electrons. The van der Waals surface area contributed by atoms with Crippen molar-refractivity contribution >= 4 is 23.5 Å². The number of amides is 1. The van der Waals surface area contributed by atoms with Crippen molar-refractivity contribution in [1.29, 1.82) is 0 Å². The molecule has 0 unspecified atom stereocenters. The number of esters is 1. The molecular weight excluding hydrogens is 316 g/mol. The minimum Gasteiger partial charge on any atom is -0.469 e. The summed E-state index contributed by atoms with van der Waals surface area (Å²) in [6.45, 7) is 0.634. The fourth-order valence-electron chi connectivity index (χ4n) is 2.07. The first-order valence-corrected chi connectivity index (χ1v) is 7.48. The summed E-state index contributed by atoms with van der Waals surface area (Å²) in [6, 6.07) is 10.3. The van der Waals surface area contributed by atoms with E-state index in [4.69, 9.17) is 11.6 Å². The van der Waals surface area contributed by atoms with Crippen LogP contribution in [0.3, 0.4) is 0 Å². The van der Waals surface area contributed by atoms with Crippen LogP contribution in [0, 0.1) is 0 Å². The third-order valence-corrected chi connectivity index (χ3v) is 3.54. The molecule has 0 N–H and O–H groups in total. The molecule has 0 spiro atoms. The number of hydrogen-bond acceptors (Lipinski definition) is 4. The van der Waals surface area contributed by atoms with E-state index in [0.29, 0.717) is 17.1 Å². The van der Waals surface area contributed by atoms with Crippen molar-refractivity contribution in [3.05, 3.63) is 64.9 Å². The van der Waals surface area contributed by atoms with E-state index in [1.807, 2.05) is 6.07 Å². The van der Waals surface area contributed by atoms with Crippen LogP contribution in [0.5, 0.6) is 0 Å². The van der Waals surface area contributed by atoms with Crippen molar-refractivity contribution in [2.75, 3.05) is 13.7 Å². The van der Waals surface area contributed by atoms with Gasteiger partial charge in [0.25, 0.3) is 5.91 Å². The fourth-order valence-corrected chi connectivity index (χ4v) is 2.19. The Bertz CT molecular complexity index is 659. The lowest BCUT2D eigenvalue weighted by atomic mass is 10.1. The second-order valence-corrected chi connectivity index (χ2v) is 5.36. The number of methoxy groups -OCH3 is 1. The van der Waals surface area contributed by atoms with E-state index < -0.39 is 0 Å². The smallest absolute Gasteiger partial charge is 0.307 e. The van der Waals surface area contributed by atoms with E-state index in [0.717, 1.165) is 5.56 Å². The Kier molecular flexibility index (Phi) is 6.11. The Morgan fingerprint density at radius 1 is 1.22 bits per heavy atom. The molecule has 2 rings (SSSR count). The number of benzene rings is 1. The molecule has 1 amide bonds. The average Bonchev–Trinajstić information content (AvgIpc) is 2.59. The van der Waals surface area contributed by atoms with Crippen LogP contribution >= 0.6 is 11.6 Å². The molecule has 2 aromatic rings. The summed E-state index contributed by atoms with van der Waals surface area (Å²) in [5, 5.41) is 0.565. The summed E-state index contributed by atoms with van der Waals surface area (Å²) in [4.78, 5) is 29.7. The van der Waals surface area contributed by atoms with Crippen LogP contribution < -0.4 is 0 Å². The van der Waals surface area contributed by atoms with E-state index in [1.165, 1.54) is 7.11 Å². The van der Waals surface area contributed by atoms with Gasteiger partial charge in [0.2, 0.25) is 0 Å². The highest BCUT2D eigenvalue weighted by Crippen LogP contribution is 2.14. The Hall–Kier alpha value is -2.40. The fraction of sp³-hybridized carbons (Fsp3) is 0.235. The lowest BCUT2D eigenvalue weighted by Crippen LogP contribution is -2.32. The van der Waals surface area contributed by atoms with Gasteiger partial charge in [0.1, 0.15) is 0 Å². The maximum atomic E-state index is 12.7. The highest BCUT2D eigenvalue weighted by molar-refractivity contribution is 6.30. The van der Waals surface area contributed by atoms with Crippen LogP contribution in [0.25, 0.3) is 0 Å². The van der Waals surface area contributed by atoms with E-state index in [9.17, 15) is 9.59 Å². The van der Waals surface area contributed by atoms with Gasteiger partial charge in [-0.3, -0.25) is 14.6 Å². The van der Waals surface area contributed by atoms with Crippen LogP contribution in [-0.2, 0) is 16.1 Å². The van der Waals surface area contributed by atoms with Gasteiger partial charge in [-0.2, -0.15) is 0 Å². The van der Waals surface area contributed by atoms with E-state index in [1.54, 1.807) is 47.6 Å². The first-order chi connectivity index (χ1) is 11.1. The lowest BCUT2D eigenvalue weighted by molar-refractivity contribution is -0.140. The van der Waals surface area contributed by atoms with Gasteiger partial charge < -0.3 is 9.64 Å². The quantitative estimate of drug-likeness (QED) is 0.763. The van der Waals surface area contributed by atoms with Crippen LogP contribution in [-0.4, -0.2) is 35.4 Å². The summed E-state index contributed by atoms with van der Waals surface area (Å²) >= 11 is 5.85. The Balaban J connectivity index is 2.15. The zero-order valence-corrected chi connectivity index (χ0v) is 13.5. The molecule has 0 saturated carbocycles. The Morgan fingerprint density at radius 3 is 2.57 bits per heavy atom. The maximum Gasteiger partial charge on any atom is 0.307 e. The van der Waals surface area contributed by atoms with Gasteiger partial charge >= 0.3 is 5.97 Å². The van der Waals surface area contributed by atoms with Crippen molar-refractivity contribution in [3.8, 4) is 0 Å². The predicted octanol–water partition coefficient (Wildman–Crippen LogP) is 2.94. The van der Waals surface area contributed by atoms with Crippen molar-refractivity contribution < 1.29 is 14.3 Å². The normalized spacial score (nSPS) is 10.2. The molecule has 0 atom stereocenters. The molecular formula is C17H17ClN2O3. The van der Waals surface area contributed by atoms with Crippen molar-refractivity contribution in [3.63, 3.8) is 0 Å². The number of nitrogens with zero attached hydrogens (tertiary/aromatic N) is 2. The average molecular weight is 333 g/mol. The van der Waals surface area contributed by atoms with Crippen molar-refractivity contribution in [2.45, 2.75) is 13.0 Å². The maximum absolute atomic E-state index is 12.7. The summed E-state index contributed by atoms with van der Waals surface area (Å²) in [5.41, 5.74) is 1.41. The minimum absolute atomic E-state index is 0.135. The minimum atomic E-state index is -0.356. The van der Waals surface area contributed by atoms with Crippen LogP contribution in [0.4, 0.5) is 0 Å². The standard InChI is InChI=1S/C17H17ClN2O3/c1-23-16(21)8-10-20(12-13-3-2-9-19-11-13)17(22)14-4-6-15(18)7-5-14/h2-7,9,11H,8,10,12H2,1H3.